The first kappa shape index (κ1) is 55.0. The molecule has 0 heterocycles. The summed E-state index contributed by atoms with van der Waals surface area (Å²) in [6, 6.07) is 0. The summed E-state index contributed by atoms with van der Waals surface area (Å²) in [5.74, 6) is 2.44. The van der Waals surface area contributed by atoms with Crippen LogP contribution in [0.15, 0.2) is 24.3 Å². The quantitative estimate of drug-likeness (QED) is 0.0272. The molecule has 0 aromatic heterocycles. The zero-order valence-electron chi connectivity index (χ0n) is 38.2. The van der Waals surface area contributed by atoms with Crippen LogP contribution < -0.4 is 10.6 Å². The molecule has 0 spiro atoms. The Morgan fingerprint density at radius 3 is 1.15 bits per heavy atom. The Kier molecular flexibility index (Phi) is 34.5. The third-order valence-corrected chi connectivity index (χ3v) is 12.0. The van der Waals surface area contributed by atoms with Gasteiger partial charge in [0.2, 0.25) is 0 Å². The van der Waals surface area contributed by atoms with Crippen molar-refractivity contribution in [3.63, 3.8) is 0 Å². The average Bonchev–Trinajstić information content (AvgIpc) is 3.23. The van der Waals surface area contributed by atoms with Crippen LogP contribution in [0.1, 0.15) is 194 Å². The normalized spacial score (nSPS) is 17.4. The number of unbranched alkanes of at least 4 members (excludes halogenated alkanes) is 18. The molecule has 4 radical (unpaired) electrons. The minimum Gasteiger partial charge on any atom is -0.460 e. The number of nitrogens with one attached hydrogen (secondary N) is 2. The molecule has 1 fully saturated rings. The van der Waals surface area contributed by atoms with Gasteiger partial charge in [-0.3, -0.25) is 0 Å². The Labute approximate surface area is 366 Å². The molecule has 0 aromatic carbocycles. The molecule has 10 nitrogen and oxygen atoms in total. The van der Waals surface area contributed by atoms with Crippen LogP contribution in [0.25, 0.3) is 0 Å². The Morgan fingerprint density at radius 2 is 0.767 bits per heavy atom. The minimum atomic E-state index is -0.476. The Bertz CT molecular complexity index is 1160. The zero-order valence-corrected chi connectivity index (χ0v) is 38.2. The lowest BCUT2D eigenvalue weighted by Gasteiger charge is -2.44. The third-order valence-electron chi connectivity index (χ3n) is 12.0. The Morgan fingerprint density at radius 1 is 0.450 bits per heavy atom. The summed E-state index contributed by atoms with van der Waals surface area (Å²) in [5.41, 5.74) is 0.668. The van der Waals surface area contributed by atoms with Gasteiger partial charge in [-0.25, -0.2) is 19.2 Å². The van der Waals surface area contributed by atoms with E-state index >= 15 is 0 Å². The maximum atomic E-state index is 11.9. The molecule has 1 saturated carbocycles. The molecule has 4 atom stereocenters. The lowest BCUT2D eigenvalue weighted by Crippen LogP contribution is -2.35. The SMILES string of the molecule is [CH]CCCCCCC1C(CCCC[CH])CCC(CCCCCCCCCOC(=O)NCCOC(=O)C(=C)C)C1CCCCCCCCCOC(=O)NCCOC(=O)C(=C)C. The standard InChI is InChI=1S/C50H86N2O8/c1-7-9-11-18-25-31-45-43(29-23-10-8-2)33-34-44(30-24-19-14-12-16-21-27-37-59-49(55)51-35-39-57-47(53)41(3)4)46(45)32-26-20-15-13-17-22-28-38-60-50(56)52-36-40-58-48(54)42(5)6/h1-2,43-46H,3,5,7-40H2,4,6H3,(H,51,55)(H,52,56). The predicted molar refractivity (Wildman–Crippen MR) is 242 cm³/mol. The van der Waals surface area contributed by atoms with Crippen LogP contribution in [0.4, 0.5) is 9.59 Å². The van der Waals surface area contributed by atoms with Crippen molar-refractivity contribution in [3.05, 3.63) is 38.2 Å². The van der Waals surface area contributed by atoms with Gasteiger partial charge in [-0.2, -0.15) is 0 Å². The summed E-state index contributed by atoms with van der Waals surface area (Å²) in [5, 5.41) is 5.21. The smallest absolute Gasteiger partial charge is 0.407 e. The van der Waals surface area contributed by atoms with Gasteiger partial charge in [-0.15, -0.1) is 0 Å². The van der Waals surface area contributed by atoms with Gasteiger partial charge in [0.05, 0.1) is 26.3 Å². The fourth-order valence-corrected chi connectivity index (χ4v) is 8.63. The first-order chi connectivity index (χ1) is 29.1. The molecule has 1 rings (SSSR count). The van der Waals surface area contributed by atoms with Crippen LogP contribution in [0, 0.1) is 37.5 Å². The van der Waals surface area contributed by atoms with Crippen LogP contribution in [0.5, 0.6) is 0 Å². The fraction of sp³-hybridized carbons (Fsp3) is 0.800. The summed E-state index contributed by atoms with van der Waals surface area (Å²) in [7, 11) is 0. The van der Waals surface area contributed by atoms with E-state index in [0.29, 0.717) is 24.4 Å². The van der Waals surface area contributed by atoms with Gasteiger partial charge in [0.15, 0.2) is 0 Å². The van der Waals surface area contributed by atoms with E-state index in [1.165, 1.54) is 116 Å². The number of esters is 2. The van der Waals surface area contributed by atoms with Crippen molar-refractivity contribution in [1.82, 2.24) is 10.6 Å². The van der Waals surface area contributed by atoms with E-state index in [1.54, 1.807) is 13.8 Å². The lowest BCUT2D eigenvalue weighted by molar-refractivity contribution is -0.139. The van der Waals surface area contributed by atoms with Gasteiger partial charge in [0.1, 0.15) is 13.2 Å². The largest absolute Gasteiger partial charge is 0.460 e. The van der Waals surface area contributed by atoms with Crippen molar-refractivity contribution < 1.29 is 38.1 Å². The molecular weight excluding hydrogens is 757 g/mol. The van der Waals surface area contributed by atoms with E-state index in [2.05, 4.69) is 23.8 Å². The number of rotatable bonds is 38. The number of carbonyl (C=O) groups excluding carboxylic acids is 4. The second-order valence-electron chi connectivity index (χ2n) is 17.2. The number of hydrogen-bond donors (Lipinski definition) is 2. The van der Waals surface area contributed by atoms with E-state index in [1.807, 2.05) is 0 Å². The number of ether oxygens (including phenoxy) is 4. The topological polar surface area (TPSA) is 129 Å². The van der Waals surface area contributed by atoms with Gasteiger partial charge in [0, 0.05) is 11.1 Å². The second-order valence-corrected chi connectivity index (χ2v) is 17.2. The van der Waals surface area contributed by atoms with Crippen LogP contribution in [-0.4, -0.2) is 63.6 Å². The van der Waals surface area contributed by atoms with Crippen LogP contribution in [0.3, 0.4) is 0 Å². The molecule has 10 heteroatoms. The molecule has 344 valence electrons. The van der Waals surface area contributed by atoms with Gasteiger partial charge in [-0.1, -0.05) is 142 Å². The average molecular weight is 843 g/mol. The summed E-state index contributed by atoms with van der Waals surface area (Å²) in [4.78, 5) is 46.5. The van der Waals surface area contributed by atoms with Crippen molar-refractivity contribution in [1.29, 1.82) is 0 Å². The van der Waals surface area contributed by atoms with Crippen molar-refractivity contribution in [2.75, 3.05) is 39.5 Å². The van der Waals surface area contributed by atoms with E-state index in [9.17, 15) is 19.2 Å². The summed E-state index contributed by atoms with van der Waals surface area (Å²) in [6.45, 7) is 23.4. The fourth-order valence-electron chi connectivity index (χ4n) is 8.63. The highest BCUT2D eigenvalue weighted by atomic mass is 16.6. The molecule has 1 aliphatic rings. The molecule has 4 unspecified atom stereocenters. The second kappa shape index (κ2) is 37.7. The number of alkyl carbamates (subject to hydrolysis) is 2. The molecular formula is C50H86N2O8. The van der Waals surface area contributed by atoms with E-state index in [0.717, 1.165) is 87.9 Å². The first-order valence-corrected chi connectivity index (χ1v) is 24.0. The molecule has 2 amide bonds. The highest BCUT2D eigenvalue weighted by Crippen LogP contribution is 2.47. The molecule has 0 saturated heterocycles. The van der Waals surface area contributed by atoms with E-state index in [-0.39, 0.29) is 26.3 Å². The molecule has 0 aliphatic heterocycles. The van der Waals surface area contributed by atoms with Crippen molar-refractivity contribution >= 4 is 24.1 Å². The van der Waals surface area contributed by atoms with Crippen LogP contribution in [0.2, 0.25) is 0 Å². The number of hydrogen-bond acceptors (Lipinski definition) is 8. The number of carbonyl (C=O) groups is 4. The first-order valence-electron chi connectivity index (χ1n) is 24.0. The van der Waals surface area contributed by atoms with E-state index < -0.39 is 24.1 Å². The molecule has 0 aromatic rings. The predicted octanol–water partition coefficient (Wildman–Crippen LogP) is 12.5. The van der Waals surface area contributed by atoms with Crippen LogP contribution >= 0.6 is 0 Å². The van der Waals surface area contributed by atoms with Gasteiger partial charge in [-0.05, 0) is 103 Å². The molecule has 2 N–H and O–H groups in total. The van der Waals surface area contributed by atoms with Crippen molar-refractivity contribution in [3.8, 4) is 0 Å². The number of amides is 2. The van der Waals surface area contributed by atoms with Crippen LogP contribution in [-0.2, 0) is 28.5 Å². The minimum absolute atomic E-state index is 0.0979. The third kappa shape index (κ3) is 29.3. The summed E-state index contributed by atoms with van der Waals surface area (Å²) < 4.78 is 20.4. The zero-order chi connectivity index (χ0) is 44.1. The van der Waals surface area contributed by atoms with E-state index in [4.69, 9.17) is 32.8 Å². The van der Waals surface area contributed by atoms with Gasteiger partial charge >= 0.3 is 24.1 Å². The van der Waals surface area contributed by atoms with Gasteiger partial charge in [0.25, 0.3) is 0 Å². The maximum absolute atomic E-state index is 11.9. The van der Waals surface area contributed by atoms with Gasteiger partial charge < -0.3 is 29.6 Å². The summed E-state index contributed by atoms with van der Waals surface area (Å²) in [6.07, 6.45) is 32.6. The molecule has 0 bridgehead atoms. The van der Waals surface area contributed by atoms with Crippen molar-refractivity contribution in [2.24, 2.45) is 23.7 Å². The summed E-state index contributed by atoms with van der Waals surface area (Å²) >= 11 is 0. The molecule has 1 aliphatic carbocycles. The Hall–Kier alpha value is -3.04. The highest BCUT2D eigenvalue weighted by Gasteiger charge is 2.37. The van der Waals surface area contributed by atoms with Crippen molar-refractivity contribution in [2.45, 2.75) is 194 Å². The highest BCUT2D eigenvalue weighted by molar-refractivity contribution is 5.87. The monoisotopic (exact) mass is 843 g/mol. The maximum Gasteiger partial charge on any atom is 0.407 e. The molecule has 60 heavy (non-hydrogen) atoms. The Balaban J connectivity index is 2.44. The lowest BCUT2D eigenvalue weighted by atomic mass is 9.61.